The first-order valence-corrected chi connectivity index (χ1v) is 10.2. The third-order valence-electron chi connectivity index (χ3n) is 5.50. The molecule has 0 saturated heterocycles. The zero-order valence-corrected chi connectivity index (χ0v) is 16.8. The maximum atomic E-state index is 14.2. The predicted molar refractivity (Wildman–Crippen MR) is 124 cm³/mol. The maximum absolute atomic E-state index is 14.2. The second-order valence-corrected chi connectivity index (χ2v) is 7.40. The van der Waals surface area contributed by atoms with Crippen LogP contribution in [0.25, 0.3) is 0 Å². The molecule has 4 nitrogen and oxygen atoms in total. The SMILES string of the molecule is [O-][NH+]1C(c2ccccc2)=NC(c2ccccc2)=NC1(c1ccccc1)c1ccccc1. The summed E-state index contributed by atoms with van der Waals surface area (Å²) in [5, 5.41) is 14.1. The van der Waals surface area contributed by atoms with Crippen LogP contribution in [0.15, 0.2) is 131 Å². The average molecular weight is 403 g/mol. The summed E-state index contributed by atoms with van der Waals surface area (Å²) >= 11 is 0. The van der Waals surface area contributed by atoms with Crippen molar-refractivity contribution in [3.8, 4) is 0 Å². The first kappa shape index (κ1) is 19.1. The summed E-state index contributed by atoms with van der Waals surface area (Å²) in [6, 6.07) is 39.0. The van der Waals surface area contributed by atoms with Crippen LogP contribution in [-0.2, 0) is 5.66 Å². The summed E-state index contributed by atoms with van der Waals surface area (Å²) in [6.45, 7) is 0. The fourth-order valence-electron chi connectivity index (χ4n) is 3.99. The largest absolute Gasteiger partial charge is 0.625 e. The summed E-state index contributed by atoms with van der Waals surface area (Å²) in [7, 11) is 0. The summed E-state index contributed by atoms with van der Waals surface area (Å²) < 4.78 is 0. The molecule has 0 saturated carbocycles. The number of benzene rings is 4. The van der Waals surface area contributed by atoms with Crippen LogP contribution < -0.4 is 5.06 Å². The van der Waals surface area contributed by atoms with Crippen molar-refractivity contribution in [3.05, 3.63) is 149 Å². The Morgan fingerprint density at radius 2 is 0.968 bits per heavy atom. The van der Waals surface area contributed by atoms with Crippen LogP contribution in [0.1, 0.15) is 22.3 Å². The van der Waals surface area contributed by atoms with Crippen molar-refractivity contribution < 1.29 is 5.06 Å². The Balaban J connectivity index is 1.83. The molecule has 31 heavy (non-hydrogen) atoms. The molecule has 1 aliphatic rings. The third kappa shape index (κ3) is 3.38. The van der Waals surface area contributed by atoms with Crippen molar-refractivity contribution in [1.29, 1.82) is 0 Å². The second-order valence-electron chi connectivity index (χ2n) is 7.40. The molecule has 4 aromatic rings. The van der Waals surface area contributed by atoms with Gasteiger partial charge in [-0.15, -0.1) is 0 Å². The van der Waals surface area contributed by atoms with Crippen molar-refractivity contribution in [1.82, 2.24) is 0 Å². The number of amidine groups is 2. The summed E-state index contributed by atoms with van der Waals surface area (Å²) in [4.78, 5) is 9.83. The van der Waals surface area contributed by atoms with E-state index in [4.69, 9.17) is 9.98 Å². The van der Waals surface area contributed by atoms with E-state index >= 15 is 0 Å². The Hall–Kier alpha value is -3.86. The first-order valence-electron chi connectivity index (χ1n) is 10.2. The van der Waals surface area contributed by atoms with E-state index in [2.05, 4.69) is 0 Å². The molecule has 1 unspecified atom stereocenters. The minimum atomic E-state index is -1.21. The van der Waals surface area contributed by atoms with Gasteiger partial charge in [0.15, 0.2) is 5.84 Å². The fourth-order valence-corrected chi connectivity index (χ4v) is 3.99. The van der Waals surface area contributed by atoms with E-state index in [0.29, 0.717) is 11.7 Å². The molecule has 1 aliphatic heterocycles. The van der Waals surface area contributed by atoms with Crippen LogP contribution in [-0.4, -0.2) is 11.7 Å². The smallest absolute Gasteiger partial charge is 0.251 e. The molecule has 0 spiro atoms. The van der Waals surface area contributed by atoms with Gasteiger partial charge in [0.2, 0.25) is 5.84 Å². The van der Waals surface area contributed by atoms with E-state index < -0.39 is 5.66 Å². The van der Waals surface area contributed by atoms with Crippen molar-refractivity contribution in [2.24, 2.45) is 9.98 Å². The van der Waals surface area contributed by atoms with Gasteiger partial charge in [0.05, 0.1) is 5.56 Å². The lowest BCUT2D eigenvalue weighted by Crippen LogP contribution is -3.17. The van der Waals surface area contributed by atoms with Gasteiger partial charge in [0, 0.05) is 16.7 Å². The topological polar surface area (TPSA) is 52.2 Å². The molecular weight excluding hydrogens is 382 g/mol. The lowest BCUT2D eigenvalue weighted by molar-refractivity contribution is -0.814. The van der Waals surface area contributed by atoms with E-state index in [0.717, 1.165) is 22.3 Å². The summed E-state index contributed by atoms with van der Waals surface area (Å²) in [6.07, 6.45) is 0. The molecule has 150 valence electrons. The molecular formula is C27H21N3O. The standard InChI is InChI=1S/C27H21N3O/c31-30-26(22-15-7-2-8-16-22)28-25(21-13-5-1-6-14-21)29-27(30,23-17-9-3-10-18-23)24-19-11-4-12-20-24/h1-20,30H. The van der Waals surface area contributed by atoms with Gasteiger partial charge in [-0.3, -0.25) is 5.06 Å². The minimum Gasteiger partial charge on any atom is -0.625 e. The summed E-state index contributed by atoms with van der Waals surface area (Å²) in [5.74, 6) is 0.967. The molecule has 0 aliphatic carbocycles. The van der Waals surface area contributed by atoms with Gasteiger partial charge >= 0.3 is 0 Å². The number of nitrogens with zero attached hydrogens (tertiary/aromatic N) is 2. The van der Waals surface area contributed by atoms with Crippen molar-refractivity contribution in [2.75, 3.05) is 0 Å². The van der Waals surface area contributed by atoms with Crippen LogP contribution in [0.2, 0.25) is 0 Å². The number of hydrogen-bond acceptors (Lipinski definition) is 3. The van der Waals surface area contributed by atoms with E-state index in [1.54, 1.807) is 0 Å². The molecule has 0 amide bonds. The van der Waals surface area contributed by atoms with Gasteiger partial charge in [0.25, 0.3) is 5.66 Å². The molecule has 0 aromatic heterocycles. The molecule has 1 N–H and O–H groups in total. The van der Waals surface area contributed by atoms with Crippen LogP contribution in [0.3, 0.4) is 0 Å². The van der Waals surface area contributed by atoms with Gasteiger partial charge in [0.1, 0.15) is 0 Å². The summed E-state index contributed by atoms with van der Waals surface area (Å²) in [5.41, 5.74) is 2.10. The zero-order chi connectivity index (χ0) is 21.1. The Kier molecular flexibility index (Phi) is 5.00. The highest BCUT2D eigenvalue weighted by Gasteiger charge is 2.46. The van der Waals surface area contributed by atoms with Gasteiger partial charge in [-0.25, -0.2) is 0 Å². The maximum Gasteiger partial charge on any atom is 0.251 e. The monoisotopic (exact) mass is 403 g/mol. The Morgan fingerprint density at radius 1 is 0.548 bits per heavy atom. The van der Waals surface area contributed by atoms with E-state index in [1.807, 2.05) is 121 Å². The van der Waals surface area contributed by atoms with Crippen molar-refractivity contribution >= 4 is 11.7 Å². The normalized spacial score (nSPS) is 17.5. The van der Waals surface area contributed by atoms with Gasteiger partial charge in [-0.1, -0.05) is 109 Å². The predicted octanol–water partition coefficient (Wildman–Crippen LogP) is 4.18. The number of quaternary nitrogens is 1. The highest BCUT2D eigenvalue weighted by Crippen LogP contribution is 2.31. The second kappa shape index (κ2) is 8.11. The molecule has 0 fully saturated rings. The lowest BCUT2D eigenvalue weighted by atomic mass is 9.89. The third-order valence-corrected chi connectivity index (χ3v) is 5.50. The molecule has 4 heteroatoms. The van der Waals surface area contributed by atoms with Gasteiger partial charge in [-0.2, -0.15) is 9.98 Å². The zero-order valence-electron chi connectivity index (χ0n) is 16.8. The Labute approximate surface area is 181 Å². The van der Waals surface area contributed by atoms with Crippen molar-refractivity contribution in [2.45, 2.75) is 5.66 Å². The average Bonchev–Trinajstić information content (AvgIpc) is 2.86. The first-order chi connectivity index (χ1) is 15.3. The molecule has 4 aromatic carbocycles. The molecule has 1 atom stereocenters. The van der Waals surface area contributed by atoms with Crippen LogP contribution in [0.4, 0.5) is 0 Å². The van der Waals surface area contributed by atoms with Crippen molar-refractivity contribution in [3.63, 3.8) is 0 Å². The molecule has 5 rings (SSSR count). The molecule has 1 heterocycles. The highest BCUT2D eigenvalue weighted by molar-refractivity contribution is 6.10. The van der Waals surface area contributed by atoms with E-state index in [9.17, 15) is 5.21 Å². The minimum absolute atomic E-state index is 0.129. The van der Waals surface area contributed by atoms with Crippen LogP contribution in [0, 0.1) is 5.21 Å². The quantitative estimate of drug-likeness (QED) is 0.511. The fraction of sp³-hybridized carbons (Fsp3) is 0.0370. The van der Waals surface area contributed by atoms with E-state index in [-0.39, 0.29) is 5.06 Å². The van der Waals surface area contributed by atoms with E-state index in [1.165, 1.54) is 0 Å². The Bertz CT molecular complexity index is 1180. The molecule has 0 bridgehead atoms. The van der Waals surface area contributed by atoms with Gasteiger partial charge in [-0.05, 0) is 12.1 Å². The number of hydrogen-bond donors (Lipinski definition) is 1. The van der Waals surface area contributed by atoms with Crippen LogP contribution in [0.5, 0.6) is 0 Å². The van der Waals surface area contributed by atoms with Crippen LogP contribution >= 0.6 is 0 Å². The number of rotatable bonds is 4. The number of hydroxylamine groups is 2. The lowest BCUT2D eigenvalue weighted by Gasteiger charge is -2.43. The number of nitrogens with one attached hydrogen (secondary N) is 1. The van der Waals surface area contributed by atoms with Gasteiger partial charge < -0.3 is 5.21 Å². The number of aliphatic imine (C=N–C) groups is 2. The Morgan fingerprint density at radius 3 is 1.45 bits per heavy atom. The highest BCUT2D eigenvalue weighted by atomic mass is 16.5. The molecule has 0 radical (unpaired) electrons.